The molecule has 3 amide bonds. The lowest BCUT2D eigenvalue weighted by molar-refractivity contribution is -0.116. The zero-order valence-corrected chi connectivity index (χ0v) is 16.6. The third-order valence-corrected chi connectivity index (χ3v) is 4.06. The van der Waals surface area contributed by atoms with Gasteiger partial charge in [0.2, 0.25) is 11.8 Å². The monoisotopic (exact) mass is 421 g/mol. The predicted octanol–water partition coefficient (Wildman–Crippen LogP) is 2.65. The van der Waals surface area contributed by atoms with Crippen LogP contribution < -0.4 is 25.0 Å². The van der Waals surface area contributed by atoms with Gasteiger partial charge in [0.05, 0.1) is 13.7 Å². The van der Waals surface area contributed by atoms with Crippen LogP contribution in [0.25, 0.3) is 0 Å². The first-order chi connectivity index (χ1) is 14.2. The summed E-state index contributed by atoms with van der Waals surface area (Å²) in [6.45, 7) is -1.90. The maximum atomic E-state index is 12.4. The van der Waals surface area contributed by atoms with Crippen LogP contribution in [-0.4, -0.2) is 45.0 Å². The van der Waals surface area contributed by atoms with Gasteiger partial charge in [-0.05, 0) is 42.5 Å². The minimum Gasteiger partial charge on any atom is -0.493 e. The molecule has 0 aliphatic rings. The van der Waals surface area contributed by atoms with Crippen LogP contribution in [-0.2, 0) is 9.59 Å². The molecule has 10 heteroatoms. The van der Waals surface area contributed by atoms with Crippen molar-refractivity contribution in [3.63, 3.8) is 0 Å². The molecule has 2 N–H and O–H groups in total. The van der Waals surface area contributed by atoms with Crippen molar-refractivity contribution in [1.82, 2.24) is 5.32 Å². The lowest BCUT2D eigenvalue weighted by atomic mass is 10.2. The minimum atomic E-state index is -3.03. The van der Waals surface area contributed by atoms with E-state index in [2.05, 4.69) is 15.4 Å². The summed E-state index contributed by atoms with van der Waals surface area (Å²) >= 11 is 0. The van der Waals surface area contributed by atoms with Crippen molar-refractivity contribution in [2.24, 2.45) is 0 Å². The third-order valence-electron chi connectivity index (χ3n) is 4.06. The number of alkyl halides is 2. The summed E-state index contributed by atoms with van der Waals surface area (Å²) in [6, 6.07) is 10.3. The number of hydrogen-bond donors (Lipinski definition) is 2. The van der Waals surface area contributed by atoms with E-state index in [9.17, 15) is 23.2 Å². The van der Waals surface area contributed by atoms with E-state index >= 15 is 0 Å². The van der Waals surface area contributed by atoms with E-state index in [0.717, 1.165) is 0 Å². The molecule has 0 heterocycles. The van der Waals surface area contributed by atoms with Crippen molar-refractivity contribution in [2.45, 2.75) is 13.5 Å². The minimum absolute atomic E-state index is 0.0389. The number of nitrogens with zero attached hydrogens (tertiary/aromatic N) is 1. The Morgan fingerprint density at radius 3 is 2.30 bits per heavy atom. The van der Waals surface area contributed by atoms with E-state index < -0.39 is 18.4 Å². The molecule has 8 nitrogen and oxygen atoms in total. The number of rotatable bonds is 8. The average molecular weight is 421 g/mol. The standard InChI is InChI=1S/C20H21F2N3O5/c1-12(26)25(2)15-7-5-14(6-8-15)24-18(27)11-23-19(28)13-4-9-16(30-20(21)22)17(10-13)29-3/h4-10,20H,11H2,1-3H3,(H,23,28)(H,24,27). The Morgan fingerprint density at radius 2 is 1.73 bits per heavy atom. The van der Waals surface area contributed by atoms with Crippen LogP contribution in [0.15, 0.2) is 42.5 Å². The van der Waals surface area contributed by atoms with Crippen LogP contribution in [0.5, 0.6) is 11.5 Å². The molecular weight excluding hydrogens is 400 g/mol. The number of nitrogens with one attached hydrogen (secondary N) is 2. The zero-order valence-electron chi connectivity index (χ0n) is 16.6. The second-order valence-electron chi connectivity index (χ2n) is 6.10. The highest BCUT2D eigenvalue weighted by molar-refractivity contribution is 6.00. The smallest absolute Gasteiger partial charge is 0.387 e. The van der Waals surface area contributed by atoms with Gasteiger partial charge in [0.1, 0.15) is 0 Å². The number of carbonyl (C=O) groups excluding carboxylic acids is 3. The van der Waals surface area contributed by atoms with Crippen molar-refractivity contribution in [3.8, 4) is 11.5 Å². The molecule has 0 radical (unpaired) electrons. The maximum absolute atomic E-state index is 12.4. The van der Waals surface area contributed by atoms with Gasteiger partial charge in [0.25, 0.3) is 5.91 Å². The van der Waals surface area contributed by atoms with Crippen LogP contribution in [0, 0.1) is 0 Å². The Labute approximate surface area is 171 Å². The highest BCUT2D eigenvalue weighted by Gasteiger charge is 2.15. The number of methoxy groups -OCH3 is 1. The summed E-state index contributed by atoms with van der Waals surface area (Å²) in [6.07, 6.45) is 0. The fraction of sp³-hybridized carbons (Fsp3) is 0.250. The number of hydrogen-bond acceptors (Lipinski definition) is 5. The number of ether oxygens (including phenoxy) is 2. The van der Waals surface area contributed by atoms with Gasteiger partial charge in [-0.2, -0.15) is 8.78 Å². The zero-order chi connectivity index (χ0) is 22.3. The molecule has 0 spiro atoms. The molecule has 2 aromatic rings. The SMILES string of the molecule is COc1cc(C(=O)NCC(=O)Nc2ccc(N(C)C(C)=O)cc2)ccc1OC(F)F. The van der Waals surface area contributed by atoms with E-state index in [1.165, 1.54) is 37.1 Å². The highest BCUT2D eigenvalue weighted by Crippen LogP contribution is 2.29. The third kappa shape index (κ3) is 6.16. The Balaban J connectivity index is 1.93. The van der Waals surface area contributed by atoms with Crippen LogP contribution in [0.1, 0.15) is 17.3 Å². The Morgan fingerprint density at radius 1 is 1.07 bits per heavy atom. The molecule has 0 atom stereocenters. The number of anilines is 2. The number of halogens is 2. The van der Waals surface area contributed by atoms with Crippen molar-refractivity contribution >= 4 is 29.1 Å². The average Bonchev–Trinajstić information content (AvgIpc) is 2.71. The molecule has 0 fully saturated rings. The molecule has 30 heavy (non-hydrogen) atoms. The van der Waals surface area contributed by atoms with Gasteiger partial charge in [0, 0.05) is 30.9 Å². The van der Waals surface area contributed by atoms with E-state index in [1.54, 1.807) is 31.3 Å². The Bertz CT molecular complexity index is 919. The lowest BCUT2D eigenvalue weighted by Gasteiger charge is -2.15. The van der Waals surface area contributed by atoms with Gasteiger partial charge < -0.3 is 25.0 Å². The van der Waals surface area contributed by atoms with Crippen LogP contribution >= 0.6 is 0 Å². The van der Waals surface area contributed by atoms with Gasteiger partial charge in [-0.3, -0.25) is 14.4 Å². The Kier molecular flexibility index (Phi) is 7.68. The van der Waals surface area contributed by atoms with Crippen LogP contribution in [0.4, 0.5) is 20.2 Å². The quantitative estimate of drug-likeness (QED) is 0.683. The number of amides is 3. The normalized spacial score (nSPS) is 10.3. The summed E-state index contributed by atoms with van der Waals surface area (Å²) in [5.74, 6) is -1.44. The molecule has 0 unspecified atom stereocenters. The summed E-state index contributed by atoms with van der Waals surface area (Å²) < 4.78 is 34.0. The van der Waals surface area contributed by atoms with Crippen LogP contribution in [0.3, 0.4) is 0 Å². The summed E-state index contributed by atoms with van der Waals surface area (Å²) in [4.78, 5) is 37.1. The number of carbonyl (C=O) groups is 3. The topological polar surface area (TPSA) is 97.0 Å². The molecular formula is C20H21F2N3O5. The first kappa shape index (κ1) is 22.6. The van der Waals surface area contributed by atoms with Gasteiger partial charge in [-0.15, -0.1) is 0 Å². The second kappa shape index (κ2) is 10.2. The van der Waals surface area contributed by atoms with E-state index in [1.807, 2.05) is 0 Å². The number of benzene rings is 2. The molecule has 0 saturated carbocycles. The molecule has 0 aromatic heterocycles. The Hall–Kier alpha value is -3.69. The van der Waals surface area contributed by atoms with Crippen molar-refractivity contribution < 1.29 is 32.6 Å². The molecule has 160 valence electrons. The summed E-state index contributed by atoms with van der Waals surface area (Å²) in [5.41, 5.74) is 1.27. The van der Waals surface area contributed by atoms with E-state index in [0.29, 0.717) is 11.4 Å². The lowest BCUT2D eigenvalue weighted by Crippen LogP contribution is -2.32. The van der Waals surface area contributed by atoms with E-state index in [4.69, 9.17) is 4.74 Å². The first-order valence-corrected chi connectivity index (χ1v) is 8.76. The molecule has 0 aliphatic heterocycles. The molecule has 2 rings (SSSR count). The van der Waals surface area contributed by atoms with Crippen molar-refractivity contribution in [3.05, 3.63) is 48.0 Å². The van der Waals surface area contributed by atoms with Gasteiger partial charge in [-0.25, -0.2) is 0 Å². The van der Waals surface area contributed by atoms with Crippen molar-refractivity contribution in [1.29, 1.82) is 0 Å². The second-order valence-corrected chi connectivity index (χ2v) is 6.10. The molecule has 0 aliphatic carbocycles. The summed E-state index contributed by atoms with van der Waals surface area (Å²) in [7, 11) is 2.88. The van der Waals surface area contributed by atoms with E-state index in [-0.39, 0.29) is 29.5 Å². The van der Waals surface area contributed by atoms with Gasteiger partial charge >= 0.3 is 6.61 Å². The predicted molar refractivity (Wildman–Crippen MR) is 106 cm³/mol. The first-order valence-electron chi connectivity index (χ1n) is 8.76. The molecule has 0 bridgehead atoms. The van der Waals surface area contributed by atoms with Crippen molar-refractivity contribution in [2.75, 3.05) is 30.9 Å². The fourth-order valence-corrected chi connectivity index (χ4v) is 2.42. The fourth-order valence-electron chi connectivity index (χ4n) is 2.42. The largest absolute Gasteiger partial charge is 0.493 e. The highest BCUT2D eigenvalue weighted by atomic mass is 19.3. The summed E-state index contributed by atoms with van der Waals surface area (Å²) in [5, 5.41) is 5.04. The van der Waals surface area contributed by atoms with Crippen LogP contribution in [0.2, 0.25) is 0 Å². The molecule has 2 aromatic carbocycles. The molecule has 0 saturated heterocycles. The maximum Gasteiger partial charge on any atom is 0.387 e. The van der Waals surface area contributed by atoms with Gasteiger partial charge in [-0.1, -0.05) is 0 Å². The van der Waals surface area contributed by atoms with Gasteiger partial charge in [0.15, 0.2) is 11.5 Å².